The zero-order valence-electron chi connectivity index (χ0n) is 12.2. The van der Waals surface area contributed by atoms with Crippen molar-refractivity contribution in [2.45, 2.75) is 31.3 Å². The van der Waals surface area contributed by atoms with Gasteiger partial charge in [-0.2, -0.15) is 4.98 Å². The van der Waals surface area contributed by atoms with Gasteiger partial charge in [-0.1, -0.05) is 17.7 Å². The van der Waals surface area contributed by atoms with Crippen LogP contribution in [0, 0.1) is 5.82 Å². The van der Waals surface area contributed by atoms with Crippen LogP contribution in [0.1, 0.15) is 34.9 Å². The SMILES string of the molecule is O=C(N[C@@H]1C[C@H]1c1ccc(Cl)c(F)c1)c1nc2n(n1)CCCN2. The number of nitrogens with one attached hydrogen (secondary N) is 2. The number of hydrogen-bond donors (Lipinski definition) is 2. The number of amides is 1. The second-order valence-electron chi connectivity index (χ2n) is 5.86. The number of anilines is 1. The third kappa shape index (κ3) is 2.76. The van der Waals surface area contributed by atoms with Crippen LogP contribution in [-0.2, 0) is 6.54 Å². The first-order valence-corrected chi connectivity index (χ1v) is 7.94. The molecule has 1 saturated carbocycles. The van der Waals surface area contributed by atoms with Crippen LogP contribution in [-0.4, -0.2) is 33.3 Å². The summed E-state index contributed by atoms with van der Waals surface area (Å²) in [7, 11) is 0. The average molecular weight is 336 g/mol. The van der Waals surface area contributed by atoms with Crippen LogP contribution in [0.2, 0.25) is 5.02 Å². The number of benzene rings is 1. The van der Waals surface area contributed by atoms with Crippen LogP contribution in [0.15, 0.2) is 18.2 Å². The Morgan fingerprint density at radius 2 is 2.35 bits per heavy atom. The van der Waals surface area contributed by atoms with Gasteiger partial charge in [-0.05, 0) is 30.5 Å². The Hall–Kier alpha value is -2.15. The van der Waals surface area contributed by atoms with Gasteiger partial charge in [-0.15, -0.1) is 5.10 Å². The Kier molecular flexibility index (Phi) is 3.45. The molecule has 0 unspecified atom stereocenters. The molecule has 0 spiro atoms. The molecule has 0 saturated heterocycles. The molecule has 2 aromatic rings. The third-order valence-corrected chi connectivity index (χ3v) is 4.49. The number of nitrogens with zero attached hydrogens (tertiary/aromatic N) is 3. The number of carbonyl (C=O) groups excluding carboxylic acids is 1. The van der Waals surface area contributed by atoms with Crippen molar-refractivity contribution in [2.75, 3.05) is 11.9 Å². The molecule has 1 aliphatic heterocycles. The third-order valence-electron chi connectivity index (χ3n) is 4.18. The average Bonchev–Trinajstić information content (AvgIpc) is 3.16. The molecule has 6 nitrogen and oxygen atoms in total. The van der Waals surface area contributed by atoms with E-state index in [-0.39, 0.29) is 28.7 Å². The largest absolute Gasteiger partial charge is 0.354 e. The number of fused-ring (bicyclic) bond motifs is 1. The van der Waals surface area contributed by atoms with Crippen LogP contribution in [0.4, 0.5) is 10.3 Å². The molecule has 1 aromatic heterocycles. The highest BCUT2D eigenvalue weighted by Gasteiger charge is 2.40. The van der Waals surface area contributed by atoms with Crippen LogP contribution in [0.25, 0.3) is 0 Å². The fourth-order valence-corrected chi connectivity index (χ4v) is 2.97. The van der Waals surface area contributed by atoms with Crippen molar-refractivity contribution in [3.63, 3.8) is 0 Å². The number of halogens is 2. The van der Waals surface area contributed by atoms with Crippen molar-refractivity contribution >= 4 is 23.5 Å². The van der Waals surface area contributed by atoms with Gasteiger partial charge in [0.15, 0.2) is 0 Å². The van der Waals surface area contributed by atoms with Gasteiger partial charge in [0.2, 0.25) is 11.8 Å². The molecule has 0 radical (unpaired) electrons. The Morgan fingerprint density at radius 3 is 3.13 bits per heavy atom. The monoisotopic (exact) mass is 335 g/mol. The molecule has 1 amide bonds. The lowest BCUT2D eigenvalue weighted by Crippen LogP contribution is -2.27. The van der Waals surface area contributed by atoms with E-state index in [9.17, 15) is 9.18 Å². The molecule has 4 rings (SSSR count). The quantitative estimate of drug-likeness (QED) is 0.901. The topological polar surface area (TPSA) is 71.8 Å². The van der Waals surface area contributed by atoms with Gasteiger partial charge < -0.3 is 10.6 Å². The minimum atomic E-state index is -0.435. The predicted octanol–water partition coefficient (Wildman–Crippen LogP) is 2.17. The van der Waals surface area contributed by atoms with Crippen molar-refractivity contribution in [1.82, 2.24) is 20.1 Å². The summed E-state index contributed by atoms with van der Waals surface area (Å²) >= 11 is 5.69. The fourth-order valence-electron chi connectivity index (χ4n) is 2.85. The van der Waals surface area contributed by atoms with Crippen LogP contribution >= 0.6 is 11.6 Å². The van der Waals surface area contributed by atoms with E-state index in [4.69, 9.17) is 11.6 Å². The molecule has 8 heteroatoms. The first kappa shape index (κ1) is 14.4. The molecule has 1 aliphatic carbocycles. The molecule has 2 aliphatic rings. The second kappa shape index (κ2) is 5.49. The Morgan fingerprint density at radius 1 is 1.48 bits per heavy atom. The van der Waals surface area contributed by atoms with Crippen molar-refractivity contribution in [3.8, 4) is 0 Å². The number of hydrogen-bond acceptors (Lipinski definition) is 4. The van der Waals surface area contributed by atoms with Crippen molar-refractivity contribution in [3.05, 3.63) is 40.4 Å². The number of carbonyl (C=O) groups is 1. The number of aromatic nitrogens is 3. The predicted molar refractivity (Wildman–Crippen MR) is 83.2 cm³/mol. The first-order valence-electron chi connectivity index (χ1n) is 7.56. The van der Waals surface area contributed by atoms with E-state index in [2.05, 4.69) is 20.7 Å². The maximum Gasteiger partial charge on any atom is 0.291 e. The molecule has 0 bridgehead atoms. The van der Waals surface area contributed by atoms with E-state index >= 15 is 0 Å². The molecular weight excluding hydrogens is 321 g/mol. The number of aryl methyl sites for hydroxylation is 1. The van der Waals surface area contributed by atoms with Gasteiger partial charge in [-0.3, -0.25) is 4.79 Å². The fraction of sp³-hybridized carbons (Fsp3) is 0.400. The lowest BCUT2D eigenvalue weighted by atomic mass is 10.1. The van der Waals surface area contributed by atoms with E-state index in [0.717, 1.165) is 31.5 Å². The second-order valence-corrected chi connectivity index (χ2v) is 6.27. The van der Waals surface area contributed by atoms with Crippen LogP contribution in [0.5, 0.6) is 0 Å². The van der Waals surface area contributed by atoms with Gasteiger partial charge in [-0.25, -0.2) is 9.07 Å². The first-order chi connectivity index (χ1) is 11.1. The normalized spacial score (nSPS) is 22.2. The smallest absolute Gasteiger partial charge is 0.291 e. The van der Waals surface area contributed by atoms with E-state index < -0.39 is 5.82 Å². The molecule has 120 valence electrons. The van der Waals surface area contributed by atoms with Crippen LogP contribution < -0.4 is 10.6 Å². The summed E-state index contributed by atoms with van der Waals surface area (Å²) in [6.07, 6.45) is 1.74. The highest BCUT2D eigenvalue weighted by atomic mass is 35.5. The summed E-state index contributed by atoms with van der Waals surface area (Å²) in [4.78, 5) is 16.4. The van der Waals surface area contributed by atoms with E-state index in [1.54, 1.807) is 16.8 Å². The summed E-state index contributed by atoms with van der Waals surface area (Å²) in [6.45, 7) is 1.60. The Labute approximate surface area is 137 Å². The minimum Gasteiger partial charge on any atom is -0.354 e. The highest BCUT2D eigenvalue weighted by molar-refractivity contribution is 6.30. The number of rotatable bonds is 3. The highest BCUT2D eigenvalue weighted by Crippen LogP contribution is 2.41. The summed E-state index contributed by atoms with van der Waals surface area (Å²) in [5, 5.41) is 10.3. The summed E-state index contributed by atoms with van der Waals surface area (Å²) in [5.41, 5.74) is 0.843. The van der Waals surface area contributed by atoms with Gasteiger partial charge in [0.25, 0.3) is 5.91 Å². The van der Waals surface area contributed by atoms with Crippen molar-refractivity contribution in [2.24, 2.45) is 0 Å². The Bertz CT molecular complexity index is 754. The molecule has 2 heterocycles. The van der Waals surface area contributed by atoms with Crippen LogP contribution in [0.3, 0.4) is 0 Å². The molecule has 1 aromatic carbocycles. The van der Waals surface area contributed by atoms with E-state index in [0.29, 0.717) is 5.95 Å². The van der Waals surface area contributed by atoms with Gasteiger partial charge in [0.05, 0.1) is 5.02 Å². The molecule has 1 fully saturated rings. The molecule has 2 N–H and O–H groups in total. The van der Waals surface area contributed by atoms with Gasteiger partial charge in [0, 0.05) is 25.0 Å². The zero-order valence-corrected chi connectivity index (χ0v) is 13.0. The summed E-state index contributed by atoms with van der Waals surface area (Å²) in [6, 6.07) is 4.74. The summed E-state index contributed by atoms with van der Waals surface area (Å²) < 4.78 is 15.2. The van der Waals surface area contributed by atoms with Crippen molar-refractivity contribution < 1.29 is 9.18 Å². The molecule has 23 heavy (non-hydrogen) atoms. The maximum atomic E-state index is 13.5. The molecule has 2 atom stereocenters. The van der Waals surface area contributed by atoms with Crippen molar-refractivity contribution in [1.29, 1.82) is 0 Å². The van der Waals surface area contributed by atoms with Gasteiger partial charge >= 0.3 is 0 Å². The lowest BCUT2D eigenvalue weighted by Gasteiger charge is -2.12. The minimum absolute atomic E-state index is 0.0171. The van der Waals surface area contributed by atoms with E-state index in [1.807, 2.05) is 0 Å². The van der Waals surface area contributed by atoms with Gasteiger partial charge in [0.1, 0.15) is 5.82 Å². The molecular formula is C15H15ClFN5O. The zero-order chi connectivity index (χ0) is 16.0. The van der Waals surface area contributed by atoms with E-state index in [1.165, 1.54) is 6.07 Å². The standard InChI is InChI=1S/C15H15ClFN5O/c16-10-3-2-8(6-11(10)17)9-7-12(9)19-14(23)13-20-15-18-4-1-5-22(15)21-13/h2-3,6,9,12H,1,4-5,7H2,(H,19,23)(H,18,20,21)/t9-,12+/m0/s1. The maximum absolute atomic E-state index is 13.5. The lowest BCUT2D eigenvalue weighted by molar-refractivity contribution is 0.0939. The summed E-state index contributed by atoms with van der Waals surface area (Å²) in [5.74, 6) is 0.184. The Balaban J connectivity index is 1.42.